The van der Waals surface area contributed by atoms with E-state index < -0.39 is 0 Å². The van der Waals surface area contributed by atoms with Crippen molar-refractivity contribution in [2.75, 3.05) is 5.75 Å². The van der Waals surface area contributed by atoms with Gasteiger partial charge in [0.15, 0.2) is 5.16 Å². The maximum Gasteiger partial charge on any atom is 0.230 e. The summed E-state index contributed by atoms with van der Waals surface area (Å²) in [6.07, 6.45) is 10.8. The van der Waals surface area contributed by atoms with Gasteiger partial charge in [-0.05, 0) is 81.5 Å². The molecule has 1 aromatic rings. The van der Waals surface area contributed by atoms with Gasteiger partial charge in [-0.15, -0.1) is 10.2 Å². The summed E-state index contributed by atoms with van der Waals surface area (Å²) in [6.45, 7) is 2.25. The van der Waals surface area contributed by atoms with E-state index >= 15 is 0 Å². The highest BCUT2D eigenvalue weighted by atomic mass is 32.2. The number of rotatable bonds is 6. The van der Waals surface area contributed by atoms with E-state index in [1.54, 1.807) is 0 Å². The molecule has 5 nitrogen and oxygen atoms in total. The summed E-state index contributed by atoms with van der Waals surface area (Å²) in [4.78, 5) is 12.6. The maximum absolute atomic E-state index is 12.6. The first-order valence-electron chi connectivity index (χ1n) is 10.3. The minimum Gasteiger partial charge on any atom is -0.352 e. The SMILES string of the molecule is C[C@@H](NC(=O)CSc1nnc(C2CC2)n1C)C12CC3CC(CC(C3)C1)C2. The molecular weight excluding hydrogens is 344 g/mol. The lowest BCUT2D eigenvalue weighted by atomic mass is 9.48. The molecule has 1 atom stereocenters. The largest absolute Gasteiger partial charge is 0.352 e. The van der Waals surface area contributed by atoms with Gasteiger partial charge < -0.3 is 9.88 Å². The minimum absolute atomic E-state index is 0.147. The molecule has 5 fully saturated rings. The third-order valence-corrected chi connectivity index (χ3v) is 8.55. The maximum atomic E-state index is 12.6. The normalized spacial score (nSPS) is 36.3. The topological polar surface area (TPSA) is 59.8 Å². The predicted molar refractivity (Wildman–Crippen MR) is 102 cm³/mol. The highest BCUT2D eigenvalue weighted by molar-refractivity contribution is 7.99. The summed E-state index contributed by atoms with van der Waals surface area (Å²) in [7, 11) is 2.02. The molecule has 142 valence electrons. The standard InChI is InChI=1S/C20H30N4OS/c1-12(20-8-13-5-14(9-20)7-15(6-13)10-20)21-17(25)11-26-19-23-22-18(24(19)2)16-3-4-16/h12-16H,3-11H2,1-2H3,(H,21,25)/t12-,13?,14?,15?,20?/m1/s1. The van der Waals surface area contributed by atoms with Crippen LogP contribution in [0.4, 0.5) is 0 Å². The molecule has 5 aliphatic rings. The third-order valence-electron chi connectivity index (χ3n) is 7.53. The van der Waals surface area contributed by atoms with E-state index in [0.29, 0.717) is 23.1 Å². The Morgan fingerprint density at radius 1 is 1.19 bits per heavy atom. The van der Waals surface area contributed by atoms with Crippen molar-refractivity contribution in [3.8, 4) is 0 Å². The van der Waals surface area contributed by atoms with Crippen molar-refractivity contribution in [1.82, 2.24) is 20.1 Å². The molecule has 0 spiro atoms. The number of thioether (sulfide) groups is 1. The lowest BCUT2D eigenvalue weighted by molar-refractivity contribution is -0.123. The Bertz CT molecular complexity index is 675. The third kappa shape index (κ3) is 2.98. The zero-order valence-electron chi connectivity index (χ0n) is 15.9. The molecular formula is C20H30N4OS. The quantitative estimate of drug-likeness (QED) is 0.774. The average Bonchev–Trinajstić information content (AvgIpc) is 3.35. The van der Waals surface area contributed by atoms with Crippen molar-refractivity contribution >= 4 is 17.7 Å². The van der Waals surface area contributed by atoms with Crippen LogP contribution in [0.25, 0.3) is 0 Å². The molecule has 6 heteroatoms. The number of nitrogens with one attached hydrogen (secondary N) is 1. The second-order valence-corrected chi connectivity index (χ2v) is 10.5. The lowest BCUT2D eigenvalue weighted by Crippen LogP contribution is -2.56. The summed E-state index contributed by atoms with van der Waals surface area (Å²) in [5.74, 6) is 5.03. The number of hydrogen-bond acceptors (Lipinski definition) is 4. The Morgan fingerprint density at radius 2 is 1.81 bits per heavy atom. The van der Waals surface area contributed by atoms with Crippen LogP contribution in [-0.2, 0) is 11.8 Å². The number of carbonyl (C=O) groups excluding carboxylic acids is 1. The first-order valence-corrected chi connectivity index (χ1v) is 11.3. The summed E-state index contributed by atoms with van der Waals surface area (Å²) < 4.78 is 2.07. The number of aromatic nitrogens is 3. The fraction of sp³-hybridized carbons (Fsp3) is 0.850. The van der Waals surface area contributed by atoms with E-state index in [1.165, 1.54) is 63.1 Å². The van der Waals surface area contributed by atoms with Gasteiger partial charge in [0.2, 0.25) is 5.91 Å². The van der Waals surface area contributed by atoms with Crippen molar-refractivity contribution < 1.29 is 4.79 Å². The molecule has 1 N–H and O–H groups in total. The summed E-state index contributed by atoms with van der Waals surface area (Å²) in [5.41, 5.74) is 0.374. The molecule has 1 heterocycles. The lowest BCUT2D eigenvalue weighted by Gasteiger charge is -2.59. The van der Waals surface area contributed by atoms with Crippen molar-refractivity contribution in [1.29, 1.82) is 0 Å². The van der Waals surface area contributed by atoms with Crippen LogP contribution in [0.5, 0.6) is 0 Å². The molecule has 6 rings (SSSR count). The number of carbonyl (C=O) groups is 1. The van der Waals surface area contributed by atoms with Crippen molar-refractivity contribution in [3.63, 3.8) is 0 Å². The Labute approximate surface area is 160 Å². The molecule has 1 amide bonds. The van der Waals surface area contributed by atoms with Crippen molar-refractivity contribution in [2.24, 2.45) is 30.2 Å². The summed E-state index contributed by atoms with van der Waals surface area (Å²) >= 11 is 1.52. The van der Waals surface area contributed by atoms with Crippen LogP contribution in [0.2, 0.25) is 0 Å². The smallest absolute Gasteiger partial charge is 0.230 e. The van der Waals surface area contributed by atoms with Crippen molar-refractivity contribution in [2.45, 2.75) is 75.4 Å². The van der Waals surface area contributed by atoms with Crippen LogP contribution < -0.4 is 5.32 Å². The van der Waals surface area contributed by atoms with E-state index in [1.807, 2.05) is 7.05 Å². The molecule has 0 aliphatic heterocycles. The summed E-state index contributed by atoms with van der Waals surface area (Å²) in [5, 5.41) is 12.8. The molecule has 5 saturated carbocycles. The minimum atomic E-state index is 0.147. The highest BCUT2D eigenvalue weighted by Gasteiger charge is 2.53. The second-order valence-electron chi connectivity index (χ2n) is 9.53. The summed E-state index contributed by atoms with van der Waals surface area (Å²) in [6, 6.07) is 0.297. The zero-order chi connectivity index (χ0) is 17.9. The first-order chi connectivity index (χ1) is 12.5. The van der Waals surface area contributed by atoms with E-state index in [-0.39, 0.29) is 5.91 Å². The van der Waals surface area contributed by atoms with Crippen LogP contribution in [0.3, 0.4) is 0 Å². The Balaban J connectivity index is 1.18. The second kappa shape index (κ2) is 6.25. The van der Waals surface area contributed by atoms with Gasteiger partial charge in [-0.1, -0.05) is 11.8 Å². The fourth-order valence-corrected chi connectivity index (χ4v) is 7.15. The van der Waals surface area contributed by atoms with E-state index in [0.717, 1.165) is 28.7 Å². The molecule has 0 radical (unpaired) electrons. The van der Waals surface area contributed by atoms with Gasteiger partial charge in [0, 0.05) is 19.0 Å². The molecule has 0 aromatic carbocycles. The van der Waals surface area contributed by atoms with Crippen LogP contribution in [0, 0.1) is 23.2 Å². The van der Waals surface area contributed by atoms with Gasteiger partial charge in [0.25, 0.3) is 0 Å². The van der Waals surface area contributed by atoms with E-state index in [4.69, 9.17) is 0 Å². The predicted octanol–water partition coefficient (Wildman–Crippen LogP) is 3.51. The molecule has 26 heavy (non-hydrogen) atoms. The van der Waals surface area contributed by atoms with E-state index in [9.17, 15) is 4.79 Å². The highest BCUT2D eigenvalue weighted by Crippen LogP contribution is 2.61. The molecule has 5 aliphatic carbocycles. The van der Waals surface area contributed by atoms with Crippen LogP contribution in [-0.4, -0.2) is 32.5 Å². The number of nitrogens with zero attached hydrogens (tertiary/aromatic N) is 3. The molecule has 1 aromatic heterocycles. The first kappa shape index (κ1) is 17.1. The Hall–Kier alpha value is -1.04. The van der Waals surface area contributed by atoms with Crippen molar-refractivity contribution in [3.05, 3.63) is 5.82 Å². The zero-order valence-corrected chi connectivity index (χ0v) is 16.7. The Morgan fingerprint density at radius 3 is 2.38 bits per heavy atom. The van der Waals surface area contributed by atoms with E-state index in [2.05, 4.69) is 27.0 Å². The van der Waals surface area contributed by atoms with Crippen LogP contribution >= 0.6 is 11.8 Å². The van der Waals surface area contributed by atoms with Gasteiger partial charge >= 0.3 is 0 Å². The molecule has 4 bridgehead atoms. The van der Waals surface area contributed by atoms with Gasteiger partial charge in [0.1, 0.15) is 5.82 Å². The Kier molecular flexibility index (Phi) is 4.11. The van der Waals surface area contributed by atoms with Gasteiger partial charge in [-0.3, -0.25) is 4.79 Å². The van der Waals surface area contributed by atoms with Crippen LogP contribution in [0.1, 0.15) is 70.0 Å². The number of amides is 1. The van der Waals surface area contributed by atoms with Gasteiger partial charge in [-0.25, -0.2) is 0 Å². The van der Waals surface area contributed by atoms with Gasteiger partial charge in [-0.2, -0.15) is 0 Å². The molecule has 0 unspecified atom stereocenters. The molecule has 0 saturated heterocycles. The monoisotopic (exact) mass is 374 g/mol. The van der Waals surface area contributed by atoms with Crippen LogP contribution in [0.15, 0.2) is 5.16 Å². The average molecular weight is 375 g/mol. The number of hydrogen-bond donors (Lipinski definition) is 1. The fourth-order valence-electron chi connectivity index (χ4n) is 6.42. The van der Waals surface area contributed by atoms with Gasteiger partial charge in [0.05, 0.1) is 5.75 Å².